The molecule has 7 nitrogen and oxygen atoms in total. The molecule has 0 fully saturated rings. The summed E-state index contributed by atoms with van der Waals surface area (Å²) < 4.78 is 28.8. The molecule has 0 saturated heterocycles. The van der Waals surface area contributed by atoms with Gasteiger partial charge in [0, 0.05) is 25.2 Å². The molecule has 2 atom stereocenters. The van der Waals surface area contributed by atoms with Crippen molar-refractivity contribution in [3.8, 4) is 0 Å². The summed E-state index contributed by atoms with van der Waals surface area (Å²) in [6.07, 6.45) is 1.25. The molecule has 2 aromatic carbocycles. The summed E-state index contributed by atoms with van der Waals surface area (Å²) in [5.41, 5.74) is 3.83. The van der Waals surface area contributed by atoms with Gasteiger partial charge in [-0.15, -0.1) is 0 Å². The molecule has 1 heterocycles. The summed E-state index contributed by atoms with van der Waals surface area (Å²) in [6.45, 7) is 9.49. The minimum atomic E-state index is -3.92. The molecule has 0 radical (unpaired) electrons. The number of rotatable bonds is 8. The molecule has 178 valence electrons. The molecule has 2 amide bonds. The first-order valence-electron chi connectivity index (χ1n) is 11.3. The molecule has 33 heavy (non-hydrogen) atoms. The molecular weight excluding hydrogens is 438 g/mol. The summed E-state index contributed by atoms with van der Waals surface area (Å²) in [7, 11) is -3.92. The molecule has 1 aliphatic rings. The fourth-order valence-corrected chi connectivity index (χ4v) is 5.57. The second-order valence-corrected chi connectivity index (χ2v) is 10.8. The second-order valence-electron chi connectivity index (χ2n) is 9.10. The van der Waals surface area contributed by atoms with Crippen LogP contribution in [0.15, 0.2) is 47.4 Å². The van der Waals surface area contributed by atoms with Gasteiger partial charge in [0.1, 0.15) is 6.04 Å². The predicted molar refractivity (Wildman–Crippen MR) is 130 cm³/mol. The molecular formula is C25H33N3O4S. The van der Waals surface area contributed by atoms with Gasteiger partial charge in [0.05, 0.1) is 4.90 Å². The molecule has 0 aliphatic carbocycles. The van der Waals surface area contributed by atoms with Crippen LogP contribution >= 0.6 is 0 Å². The molecule has 2 aromatic rings. The second kappa shape index (κ2) is 10.1. The Balaban J connectivity index is 1.69. The van der Waals surface area contributed by atoms with Crippen molar-refractivity contribution in [2.45, 2.75) is 64.4 Å². The van der Waals surface area contributed by atoms with Gasteiger partial charge < -0.3 is 10.2 Å². The van der Waals surface area contributed by atoms with Crippen molar-refractivity contribution in [3.63, 3.8) is 0 Å². The van der Waals surface area contributed by atoms with Crippen LogP contribution in [0.25, 0.3) is 0 Å². The first kappa shape index (κ1) is 24.9. The first-order chi connectivity index (χ1) is 15.5. The van der Waals surface area contributed by atoms with Crippen molar-refractivity contribution in [2.75, 3.05) is 11.4 Å². The lowest BCUT2D eigenvalue weighted by Crippen LogP contribution is -2.49. The highest BCUT2D eigenvalue weighted by Gasteiger charge is 2.32. The Morgan fingerprint density at radius 2 is 1.79 bits per heavy atom. The zero-order chi connectivity index (χ0) is 24.3. The Bertz CT molecular complexity index is 1130. The quantitative estimate of drug-likeness (QED) is 0.619. The van der Waals surface area contributed by atoms with Crippen molar-refractivity contribution in [2.24, 2.45) is 5.92 Å². The van der Waals surface area contributed by atoms with Crippen LogP contribution in [0.1, 0.15) is 44.4 Å². The highest BCUT2D eigenvalue weighted by Crippen LogP contribution is 2.34. The first-order valence-corrected chi connectivity index (χ1v) is 12.8. The lowest BCUT2D eigenvalue weighted by atomic mass is 10.0. The molecule has 0 aromatic heterocycles. The van der Waals surface area contributed by atoms with E-state index in [1.807, 2.05) is 52.0 Å². The van der Waals surface area contributed by atoms with Gasteiger partial charge in [-0.2, -0.15) is 4.72 Å². The van der Waals surface area contributed by atoms with E-state index in [0.717, 1.165) is 16.8 Å². The number of hydrogen-bond donors (Lipinski definition) is 2. The highest BCUT2D eigenvalue weighted by molar-refractivity contribution is 7.89. The molecule has 0 bridgehead atoms. The number of fused-ring (bicyclic) bond motifs is 1. The van der Waals surface area contributed by atoms with Gasteiger partial charge in [-0.3, -0.25) is 9.59 Å². The van der Waals surface area contributed by atoms with Gasteiger partial charge in [-0.25, -0.2) is 8.42 Å². The average molecular weight is 472 g/mol. The number of aryl methyl sites for hydroxylation is 1. The Morgan fingerprint density at radius 3 is 2.39 bits per heavy atom. The third-order valence-corrected chi connectivity index (χ3v) is 7.42. The monoisotopic (exact) mass is 471 g/mol. The fraction of sp³-hybridized carbons (Fsp3) is 0.440. The SMILES string of the molecule is CC(=O)N1c2ccc(S(=O)(=O)N[C@H](C(=O)NCCc3ccc(C)cc3)C(C)C)cc2C[C@@H]1C. The maximum atomic E-state index is 13.1. The molecule has 8 heteroatoms. The number of anilines is 1. The van der Waals surface area contributed by atoms with Crippen molar-refractivity contribution >= 4 is 27.5 Å². The molecule has 3 rings (SSSR count). The molecule has 0 spiro atoms. The largest absolute Gasteiger partial charge is 0.354 e. The van der Waals surface area contributed by atoms with Crippen LogP contribution in [0.5, 0.6) is 0 Å². The number of carbonyl (C=O) groups is 2. The van der Waals surface area contributed by atoms with E-state index in [0.29, 0.717) is 19.4 Å². The van der Waals surface area contributed by atoms with E-state index in [9.17, 15) is 18.0 Å². The predicted octanol–water partition coefficient (Wildman–Crippen LogP) is 2.95. The Labute approximate surface area is 196 Å². The highest BCUT2D eigenvalue weighted by atomic mass is 32.2. The third-order valence-electron chi connectivity index (χ3n) is 5.98. The Hall–Kier alpha value is -2.71. The number of nitrogens with one attached hydrogen (secondary N) is 2. The van der Waals surface area contributed by atoms with Crippen LogP contribution in [0.4, 0.5) is 5.69 Å². The number of nitrogens with zero attached hydrogens (tertiary/aromatic N) is 1. The summed E-state index contributed by atoms with van der Waals surface area (Å²) in [5, 5.41) is 2.86. The molecule has 0 unspecified atom stereocenters. The summed E-state index contributed by atoms with van der Waals surface area (Å²) in [5.74, 6) is -0.655. The maximum Gasteiger partial charge on any atom is 0.241 e. The smallest absolute Gasteiger partial charge is 0.241 e. The van der Waals surface area contributed by atoms with Gasteiger partial charge in [0.15, 0.2) is 0 Å². The number of hydrogen-bond acceptors (Lipinski definition) is 4. The van der Waals surface area contributed by atoms with Crippen LogP contribution < -0.4 is 14.9 Å². The number of benzene rings is 2. The van der Waals surface area contributed by atoms with Gasteiger partial charge in [-0.05, 0) is 61.9 Å². The number of amides is 2. The normalized spacial score (nSPS) is 16.5. The molecule has 1 aliphatic heterocycles. The number of carbonyl (C=O) groups excluding carboxylic acids is 2. The van der Waals surface area contributed by atoms with E-state index in [2.05, 4.69) is 10.0 Å². The van der Waals surface area contributed by atoms with E-state index >= 15 is 0 Å². The van der Waals surface area contributed by atoms with E-state index in [-0.39, 0.29) is 28.7 Å². The molecule has 2 N–H and O–H groups in total. The summed E-state index contributed by atoms with van der Waals surface area (Å²) >= 11 is 0. The lowest BCUT2D eigenvalue weighted by Gasteiger charge is -2.22. The van der Waals surface area contributed by atoms with Gasteiger partial charge >= 0.3 is 0 Å². The number of sulfonamides is 1. The van der Waals surface area contributed by atoms with E-state index in [1.165, 1.54) is 18.6 Å². The zero-order valence-electron chi connectivity index (χ0n) is 19.9. The summed E-state index contributed by atoms with van der Waals surface area (Å²) in [6, 6.07) is 11.9. The Morgan fingerprint density at radius 1 is 1.12 bits per heavy atom. The van der Waals surface area contributed by atoms with E-state index in [4.69, 9.17) is 0 Å². The van der Waals surface area contributed by atoms with Gasteiger partial charge in [0.2, 0.25) is 21.8 Å². The third kappa shape index (κ3) is 5.81. The van der Waals surface area contributed by atoms with Gasteiger partial charge in [0.25, 0.3) is 0 Å². The standard InChI is InChI=1S/C25H33N3O4S/c1-16(2)24(25(30)26-13-12-20-8-6-17(3)7-9-20)27-33(31,32)22-10-11-23-21(15-22)14-18(4)28(23)19(5)29/h6-11,15-16,18,24,27H,12-14H2,1-5H3,(H,26,30)/t18-,24-/m0/s1. The van der Waals surface area contributed by atoms with Crippen LogP contribution in [0, 0.1) is 12.8 Å². The summed E-state index contributed by atoms with van der Waals surface area (Å²) in [4.78, 5) is 26.5. The minimum absolute atomic E-state index is 0.0221. The molecule has 0 saturated carbocycles. The maximum absolute atomic E-state index is 13.1. The van der Waals surface area contributed by atoms with Crippen LogP contribution in [-0.4, -0.2) is 38.9 Å². The van der Waals surface area contributed by atoms with Crippen molar-refractivity contribution in [1.29, 1.82) is 0 Å². The minimum Gasteiger partial charge on any atom is -0.354 e. The van der Waals surface area contributed by atoms with Crippen LogP contribution in [0.3, 0.4) is 0 Å². The van der Waals surface area contributed by atoms with Gasteiger partial charge in [-0.1, -0.05) is 43.7 Å². The topological polar surface area (TPSA) is 95.6 Å². The zero-order valence-corrected chi connectivity index (χ0v) is 20.7. The van der Waals surface area contributed by atoms with Crippen molar-refractivity contribution in [1.82, 2.24) is 10.0 Å². The van der Waals surface area contributed by atoms with Crippen LogP contribution in [-0.2, 0) is 32.5 Å². The van der Waals surface area contributed by atoms with Crippen molar-refractivity contribution < 1.29 is 18.0 Å². The van der Waals surface area contributed by atoms with Crippen LogP contribution in [0.2, 0.25) is 0 Å². The lowest BCUT2D eigenvalue weighted by molar-refractivity contribution is -0.123. The average Bonchev–Trinajstić information content (AvgIpc) is 3.08. The Kier molecular flexibility index (Phi) is 7.59. The van der Waals surface area contributed by atoms with Crippen molar-refractivity contribution in [3.05, 3.63) is 59.2 Å². The van der Waals surface area contributed by atoms with E-state index in [1.54, 1.807) is 17.0 Å². The fourth-order valence-electron chi connectivity index (χ4n) is 4.18. The van der Waals surface area contributed by atoms with E-state index < -0.39 is 16.1 Å².